The highest BCUT2D eigenvalue weighted by atomic mass is 32.2. The van der Waals surface area contributed by atoms with Crippen molar-refractivity contribution >= 4 is 35.1 Å². The molecule has 6 nitrogen and oxygen atoms in total. The number of rotatable bonds is 9. The lowest BCUT2D eigenvalue weighted by atomic mass is 10.0. The zero-order chi connectivity index (χ0) is 19.8. The van der Waals surface area contributed by atoms with Crippen molar-refractivity contribution < 1.29 is 24.2 Å². The van der Waals surface area contributed by atoms with E-state index in [1.807, 2.05) is 18.2 Å². The summed E-state index contributed by atoms with van der Waals surface area (Å²) in [6.45, 7) is 1.47. The first-order valence-corrected chi connectivity index (χ1v) is 9.40. The molecule has 2 rings (SSSR count). The van der Waals surface area contributed by atoms with Crippen LogP contribution in [0.1, 0.15) is 28.4 Å². The predicted octanol–water partition coefficient (Wildman–Crippen LogP) is 3.40. The normalized spacial score (nSPS) is 10.3. The molecule has 0 saturated carbocycles. The number of amides is 1. The minimum absolute atomic E-state index is 0.0306. The van der Waals surface area contributed by atoms with Gasteiger partial charge in [0.05, 0.1) is 19.3 Å². The maximum absolute atomic E-state index is 12.4. The third-order valence-corrected chi connectivity index (χ3v) is 4.73. The number of Topliss-reactive ketones (excluding diaryl/α,β-unsaturated/α-hetero) is 1. The van der Waals surface area contributed by atoms with Crippen molar-refractivity contribution in [3.05, 3.63) is 59.2 Å². The summed E-state index contributed by atoms with van der Waals surface area (Å²) in [5.41, 5.74) is 2.72. The molecule has 1 amide bonds. The number of anilines is 1. The topological polar surface area (TPSA) is 92.7 Å². The first-order chi connectivity index (χ1) is 12.9. The number of nitrogens with one attached hydrogen (secondary N) is 1. The van der Waals surface area contributed by atoms with Crippen molar-refractivity contribution in [1.29, 1.82) is 0 Å². The molecular weight excluding hydrogens is 366 g/mol. The van der Waals surface area contributed by atoms with Gasteiger partial charge in [-0.1, -0.05) is 12.1 Å². The van der Waals surface area contributed by atoms with Crippen LogP contribution in [-0.2, 0) is 21.8 Å². The number of benzene rings is 2. The molecule has 0 aliphatic heterocycles. The van der Waals surface area contributed by atoms with Gasteiger partial charge in [0, 0.05) is 22.6 Å². The van der Waals surface area contributed by atoms with Crippen LogP contribution in [0.15, 0.2) is 42.5 Å². The number of methoxy groups -OCH3 is 1. The van der Waals surface area contributed by atoms with Gasteiger partial charge >= 0.3 is 5.97 Å². The number of thioether (sulfide) groups is 1. The Balaban J connectivity index is 2.04. The number of carbonyl (C=O) groups excluding carboxylic acids is 2. The van der Waals surface area contributed by atoms with Gasteiger partial charge in [0.15, 0.2) is 5.78 Å². The first-order valence-electron chi connectivity index (χ1n) is 8.25. The van der Waals surface area contributed by atoms with E-state index in [1.54, 1.807) is 24.3 Å². The van der Waals surface area contributed by atoms with Crippen molar-refractivity contribution in [3.8, 4) is 5.75 Å². The number of carboxylic acids is 1. The van der Waals surface area contributed by atoms with Crippen molar-refractivity contribution in [2.75, 3.05) is 18.2 Å². The van der Waals surface area contributed by atoms with Gasteiger partial charge in [0.2, 0.25) is 5.91 Å². The molecule has 0 aromatic heterocycles. The number of carboxylic acid groups (broad SMARTS) is 1. The van der Waals surface area contributed by atoms with Gasteiger partial charge in [-0.15, -0.1) is 11.8 Å². The molecule has 2 aromatic carbocycles. The van der Waals surface area contributed by atoms with Crippen molar-refractivity contribution in [1.82, 2.24) is 0 Å². The Bertz CT molecular complexity index is 850. The Labute approximate surface area is 161 Å². The van der Waals surface area contributed by atoms with Crippen molar-refractivity contribution in [3.63, 3.8) is 0 Å². The van der Waals surface area contributed by atoms with E-state index in [0.29, 0.717) is 28.3 Å². The highest BCUT2D eigenvalue weighted by Crippen LogP contribution is 2.22. The van der Waals surface area contributed by atoms with E-state index in [9.17, 15) is 14.4 Å². The Morgan fingerprint density at radius 1 is 1.15 bits per heavy atom. The van der Waals surface area contributed by atoms with Crippen LogP contribution in [0, 0.1) is 0 Å². The summed E-state index contributed by atoms with van der Waals surface area (Å²) < 4.78 is 5.27. The summed E-state index contributed by atoms with van der Waals surface area (Å²) in [5.74, 6) is -0.0386. The van der Waals surface area contributed by atoms with Crippen LogP contribution in [-0.4, -0.2) is 35.6 Å². The van der Waals surface area contributed by atoms with Gasteiger partial charge < -0.3 is 15.2 Å². The fourth-order valence-corrected chi connectivity index (χ4v) is 3.20. The Hall–Kier alpha value is -2.80. The zero-order valence-corrected chi connectivity index (χ0v) is 16.0. The molecule has 0 aliphatic rings. The van der Waals surface area contributed by atoms with Crippen LogP contribution >= 0.6 is 11.8 Å². The summed E-state index contributed by atoms with van der Waals surface area (Å²) in [7, 11) is 1.52. The lowest BCUT2D eigenvalue weighted by Gasteiger charge is -2.11. The maximum Gasteiger partial charge on any atom is 0.313 e. The number of ketones is 1. The van der Waals surface area contributed by atoms with Gasteiger partial charge in [-0.3, -0.25) is 14.4 Å². The number of aliphatic carboxylic acids is 1. The van der Waals surface area contributed by atoms with Crippen LogP contribution in [0.2, 0.25) is 0 Å². The summed E-state index contributed by atoms with van der Waals surface area (Å²) in [6, 6.07) is 12.3. The Morgan fingerprint density at radius 3 is 2.59 bits per heavy atom. The minimum Gasteiger partial charge on any atom is -0.496 e. The van der Waals surface area contributed by atoms with E-state index < -0.39 is 5.97 Å². The highest BCUT2D eigenvalue weighted by Gasteiger charge is 2.12. The molecule has 0 aliphatic carbocycles. The molecule has 0 bridgehead atoms. The smallest absolute Gasteiger partial charge is 0.313 e. The van der Waals surface area contributed by atoms with Gasteiger partial charge in [-0.25, -0.2) is 0 Å². The highest BCUT2D eigenvalue weighted by molar-refractivity contribution is 7.99. The van der Waals surface area contributed by atoms with Gasteiger partial charge in [0.25, 0.3) is 0 Å². The molecule has 0 fully saturated rings. The van der Waals surface area contributed by atoms with E-state index in [0.717, 1.165) is 5.56 Å². The standard InChI is InChI=1S/C20H21NO5S/c1-13(22)15-6-7-18(26-2)16(9-15)10-19(23)21-17-5-3-4-14(8-17)11-27-12-20(24)25/h3-9H,10-12H2,1-2H3,(H,21,23)(H,24,25). The van der Waals surface area contributed by atoms with E-state index in [-0.39, 0.29) is 23.9 Å². The van der Waals surface area contributed by atoms with Crippen molar-refractivity contribution in [2.24, 2.45) is 0 Å². The molecule has 0 heterocycles. The molecule has 0 atom stereocenters. The quantitative estimate of drug-likeness (QED) is 0.641. The molecule has 7 heteroatoms. The van der Waals surface area contributed by atoms with Crippen LogP contribution in [0.4, 0.5) is 5.69 Å². The largest absolute Gasteiger partial charge is 0.496 e. The van der Waals surface area contributed by atoms with Gasteiger partial charge in [-0.05, 0) is 42.8 Å². The average Bonchev–Trinajstić information content (AvgIpc) is 2.61. The molecule has 0 radical (unpaired) electrons. The lowest BCUT2D eigenvalue weighted by Crippen LogP contribution is -2.15. The zero-order valence-electron chi connectivity index (χ0n) is 15.2. The number of hydrogen-bond donors (Lipinski definition) is 2. The van der Waals surface area contributed by atoms with E-state index >= 15 is 0 Å². The molecular formula is C20H21NO5S. The second kappa shape index (κ2) is 9.78. The fraction of sp³-hybridized carbons (Fsp3) is 0.250. The molecule has 27 heavy (non-hydrogen) atoms. The van der Waals surface area contributed by atoms with Crippen LogP contribution in [0.3, 0.4) is 0 Å². The fourth-order valence-electron chi connectivity index (χ4n) is 2.51. The predicted molar refractivity (Wildman–Crippen MR) is 106 cm³/mol. The van der Waals surface area contributed by atoms with Crippen LogP contribution in [0.25, 0.3) is 0 Å². The average molecular weight is 387 g/mol. The molecule has 0 saturated heterocycles. The van der Waals surface area contributed by atoms with E-state index in [2.05, 4.69) is 5.32 Å². The Kier molecular flexibility index (Phi) is 7.43. The molecule has 2 aromatic rings. The molecule has 2 N–H and O–H groups in total. The maximum atomic E-state index is 12.4. The SMILES string of the molecule is COc1ccc(C(C)=O)cc1CC(=O)Nc1cccc(CSCC(=O)O)c1. The minimum atomic E-state index is -0.855. The van der Waals surface area contributed by atoms with E-state index in [4.69, 9.17) is 9.84 Å². The van der Waals surface area contributed by atoms with Gasteiger partial charge in [0.1, 0.15) is 5.75 Å². The molecule has 0 spiro atoms. The number of carbonyl (C=O) groups is 3. The third-order valence-electron chi connectivity index (χ3n) is 3.74. The van der Waals surface area contributed by atoms with Gasteiger partial charge in [-0.2, -0.15) is 0 Å². The monoisotopic (exact) mass is 387 g/mol. The molecule has 0 unspecified atom stereocenters. The summed E-state index contributed by atoms with van der Waals surface area (Å²) in [5, 5.41) is 11.5. The Morgan fingerprint density at radius 2 is 1.93 bits per heavy atom. The molecule has 142 valence electrons. The van der Waals surface area contributed by atoms with Crippen LogP contribution in [0.5, 0.6) is 5.75 Å². The summed E-state index contributed by atoms with van der Waals surface area (Å²) in [4.78, 5) is 34.6. The second-order valence-electron chi connectivity index (χ2n) is 5.89. The summed E-state index contributed by atoms with van der Waals surface area (Å²) >= 11 is 1.29. The van der Waals surface area contributed by atoms with Crippen molar-refractivity contribution in [2.45, 2.75) is 19.1 Å². The van der Waals surface area contributed by atoms with Crippen LogP contribution < -0.4 is 10.1 Å². The van der Waals surface area contributed by atoms with E-state index in [1.165, 1.54) is 25.8 Å². The lowest BCUT2D eigenvalue weighted by molar-refractivity contribution is -0.133. The first kappa shape index (κ1) is 20.5. The number of ether oxygens (including phenoxy) is 1. The summed E-state index contributed by atoms with van der Waals surface area (Å²) in [6.07, 6.45) is 0.0717. The number of hydrogen-bond acceptors (Lipinski definition) is 5. The third kappa shape index (κ3) is 6.45. The second-order valence-corrected chi connectivity index (χ2v) is 6.88.